The number of aliphatic hydroxyl groups is 1. The number of hydrogen-bond acceptors (Lipinski definition) is 3. The van der Waals surface area contributed by atoms with Crippen LogP contribution in [0.25, 0.3) is 0 Å². The molecule has 1 aromatic carbocycles. The van der Waals surface area contributed by atoms with Gasteiger partial charge in [-0.25, -0.2) is 0 Å². The van der Waals surface area contributed by atoms with E-state index in [1.807, 2.05) is 0 Å². The van der Waals surface area contributed by atoms with Crippen LogP contribution in [0.5, 0.6) is 0 Å². The average molecular weight is 345 g/mol. The number of nitrogens with one attached hydrogen (secondary N) is 1. The largest absolute Gasteiger partial charge is 0.395 e. The fourth-order valence-electron chi connectivity index (χ4n) is 2.45. The third-order valence-electron chi connectivity index (χ3n) is 3.65. The summed E-state index contributed by atoms with van der Waals surface area (Å²) < 4.78 is 0. The second-order valence-electron chi connectivity index (χ2n) is 5.27. The molecule has 2 rings (SSSR count). The molecule has 2 N–H and O–H groups in total. The minimum absolute atomic E-state index is 0.0257. The lowest BCUT2D eigenvalue weighted by molar-refractivity contribution is -0.138. The zero-order valence-corrected chi connectivity index (χ0v) is 13.5. The molecule has 5 nitrogen and oxygen atoms in total. The average Bonchev–Trinajstić information content (AvgIpc) is 2.50. The SMILES string of the molecule is O=C1CCC(C(=O)N(CCO)Cc2ccc(Cl)c(Cl)c2)CN1. The number of carbonyl (C=O) groups is 2. The van der Waals surface area contributed by atoms with Crippen LogP contribution < -0.4 is 5.32 Å². The van der Waals surface area contributed by atoms with Gasteiger partial charge in [-0.15, -0.1) is 0 Å². The maximum atomic E-state index is 12.6. The van der Waals surface area contributed by atoms with Crippen molar-refractivity contribution in [1.29, 1.82) is 0 Å². The summed E-state index contributed by atoms with van der Waals surface area (Å²) in [5.41, 5.74) is 0.844. The fourth-order valence-corrected chi connectivity index (χ4v) is 2.77. The second kappa shape index (κ2) is 7.81. The minimum Gasteiger partial charge on any atom is -0.395 e. The molecule has 1 saturated heterocycles. The molecule has 1 aromatic rings. The molecule has 1 aliphatic rings. The van der Waals surface area contributed by atoms with Crippen LogP contribution in [0.4, 0.5) is 0 Å². The van der Waals surface area contributed by atoms with E-state index in [9.17, 15) is 14.7 Å². The quantitative estimate of drug-likeness (QED) is 0.856. The van der Waals surface area contributed by atoms with Gasteiger partial charge < -0.3 is 15.3 Å². The highest BCUT2D eigenvalue weighted by molar-refractivity contribution is 6.42. The minimum atomic E-state index is -0.243. The van der Waals surface area contributed by atoms with E-state index >= 15 is 0 Å². The Balaban J connectivity index is 2.06. The molecule has 22 heavy (non-hydrogen) atoms. The smallest absolute Gasteiger partial charge is 0.227 e. The number of nitrogens with zero attached hydrogens (tertiary/aromatic N) is 1. The van der Waals surface area contributed by atoms with E-state index in [0.29, 0.717) is 36.0 Å². The van der Waals surface area contributed by atoms with Gasteiger partial charge in [0.05, 0.1) is 22.6 Å². The molecule has 1 unspecified atom stereocenters. The summed E-state index contributed by atoms with van der Waals surface area (Å²) in [6.07, 6.45) is 0.893. The van der Waals surface area contributed by atoms with Gasteiger partial charge in [-0.1, -0.05) is 29.3 Å². The van der Waals surface area contributed by atoms with Crippen LogP contribution >= 0.6 is 23.2 Å². The molecule has 0 aliphatic carbocycles. The highest BCUT2D eigenvalue weighted by atomic mass is 35.5. The van der Waals surface area contributed by atoms with Crippen molar-refractivity contribution in [3.8, 4) is 0 Å². The van der Waals surface area contributed by atoms with Crippen molar-refractivity contribution in [2.24, 2.45) is 5.92 Å². The Labute approximate surface area is 139 Å². The molecule has 0 spiro atoms. The zero-order chi connectivity index (χ0) is 16.1. The lowest BCUT2D eigenvalue weighted by atomic mass is 9.97. The Morgan fingerprint density at radius 1 is 1.36 bits per heavy atom. The molecule has 1 fully saturated rings. The Bertz CT molecular complexity index is 556. The maximum absolute atomic E-state index is 12.6. The number of aliphatic hydroxyl groups excluding tert-OH is 1. The van der Waals surface area contributed by atoms with Crippen molar-refractivity contribution < 1.29 is 14.7 Å². The van der Waals surface area contributed by atoms with Crippen molar-refractivity contribution in [3.05, 3.63) is 33.8 Å². The standard InChI is InChI=1S/C15H18Cl2N2O3/c16-12-3-1-10(7-13(12)17)9-19(5-6-20)15(22)11-2-4-14(21)18-8-11/h1,3,7,11,20H,2,4-6,8-9H2,(H,18,21). The Morgan fingerprint density at radius 2 is 2.14 bits per heavy atom. The summed E-state index contributed by atoms with van der Waals surface area (Å²) in [4.78, 5) is 25.3. The van der Waals surface area contributed by atoms with E-state index in [1.165, 1.54) is 0 Å². The lowest BCUT2D eigenvalue weighted by Crippen LogP contribution is -2.45. The molecule has 0 radical (unpaired) electrons. The number of benzene rings is 1. The Morgan fingerprint density at radius 3 is 2.73 bits per heavy atom. The highest BCUT2D eigenvalue weighted by Crippen LogP contribution is 2.24. The number of rotatable bonds is 5. The summed E-state index contributed by atoms with van der Waals surface area (Å²) in [5, 5.41) is 12.8. The summed E-state index contributed by atoms with van der Waals surface area (Å²) >= 11 is 11.9. The van der Waals surface area contributed by atoms with Crippen molar-refractivity contribution >= 4 is 35.0 Å². The predicted molar refractivity (Wildman–Crippen MR) is 84.7 cm³/mol. The number of piperidine rings is 1. The molecule has 1 heterocycles. The first kappa shape index (κ1) is 17.1. The molecule has 0 bridgehead atoms. The van der Waals surface area contributed by atoms with Gasteiger partial charge in [-0.2, -0.15) is 0 Å². The number of amides is 2. The third-order valence-corrected chi connectivity index (χ3v) is 4.39. The fraction of sp³-hybridized carbons (Fsp3) is 0.467. The van der Waals surface area contributed by atoms with Gasteiger partial charge in [0.25, 0.3) is 0 Å². The van der Waals surface area contributed by atoms with Gasteiger partial charge in [0.15, 0.2) is 0 Å². The van der Waals surface area contributed by atoms with Gasteiger partial charge in [0, 0.05) is 26.1 Å². The molecule has 1 atom stereocenters. The van der Waals surface area contributed by atoms with Crippen LogP contribution in [0.2, 0.25) is 10.0 Å². The summed E-state index contributed by atoms with van der Waals surface area (Å²) in [6.45, 7) is 0.817. The van der Waals surface area contributed by atoms with E-state index in [0.717, 1.165) is 5.56 Å². The van der Waals surface area contributed by atoms with E-state index < -0.39 is 0 Å². The van der Waals surface area contributed by atoms with Crippen LogP contribution in [0.3, 0.4) is 0 Å². The van der Waals surface area contributed by atoms with E-state index in [2.05, 4.69) is 5.32 Å². The van der Waals surface area contributed by atoms with Gasteiger partial charge in [0.2, 0.25) is 11.8 Å². The molecular weight excluding hydrogens is 327 g/mol. The maximum Gasteiger partial charge on any atom is 0.227 e. The second-order valence-corrected chi connectivity index (χ2v) is 6.09. The highest BCUT2D eigenvalue weighted by Gasteiger charge is 2.28. The lowest BCUT2D eigenvalue weighted by Gasteiger charge is -2.29. The van der Waals surface area contributed by atoms with Crippen molar-refractivity contribution in [2.45, 2.75) is 19.4 Å². The summed E-state index contributed by atoms with van der Waals surface area (Å²) in [6, 6.07) is 5.19. The molecule has 0 aromatic heterocycles. The van der Waals surface area contributed by atoms with Crippen LogP contribution in [0.1, 0.15) is 18.4 Å². The molecule has 2 amide bonds. The van der Waals surface area contributed by atoms with Crippen LogP contribution in [0.15, 0.2) is 18.2 Å². The Kier molecular flexibility index (Phi) is 6.06. The molecular formula is C15H18Cl2N2O3. The molecule has 7 heteroatoms. The van der Waals surface area contributed by atoms with Gasteiger partial charge in [0.1, 0.15) is 0 Å². The van der Waals surface area contributed by atoms with Gasteiger partial charge >= 0.3 is 0 Å². The van der Waals surface area contributed by atoms with E-state index in [-0.39, 0.29) is 30.9 Å². The van der Waals surface area contributed by atoms with Crippen LogP contribution in [-0.2, 0) is 16.1 Å². The summed E-state index contributed by atoms with van der Waals surface area (Å²) in [5.74, 6) is -0.339. The topological polar surface area (TPSA) is 69.6 Å². The van der Waals surface area contributed by atoms with Gasteiger partial charge in [-0.3, -0.25) is 9.59 Å². The van der Waals surface area contributed by atoms with Crippen LogP contribution in [0, 0.1) is 5.92 Å². The number of halogens is 2. The van der Waals surface area contributed by atoms with E-state index in [1.54, 1.807) is 23.1 Å². The first-order valence-corrected chi connectivity index (χ1v) is 7.87. The van der Waals surface area contributed by atoms with Crippen molar-refractivity contribution in [2.75, 3.05) is 19.7 Å². The third kappa shape index (κ3) is 4.35. The molecule has 1 aliphatic heterocycles. The number of hydrogen-bond donors (Lipinski definition) is 2. The van der Waals surface area contributed by atoms with Crippen LogP contribution in [-0.4, -0.2) is 41.5 Å². The van der Waals surface area contributed by atoms with E-state index in [4.69, 9.17) is 23.2 Å². The first-order valence-electron chi connectivity index (χ1n) is 7.11. The Hall–Kier alpha value is -1.30. The summed E-state index contributed by atoms with van der Waals surface area (Å²) in [7, 11) is 0. The normalized spacial score (nSPS) is 18.0. The zero-order valence-electron chi connectivity index (χ0n) is 12.0. The molecule has 120 valence electrons. The van der Waals surface area contributed by atoms with Crippen molar-refractivity contribution in [1.82, 2.24) is 10.2 Å². The van der Waals surface area contributed by atoms with Crippen molar-refractivity contribution in [3.63, 3.8) is 0 Å². The monoisotopic (exact) mass is 344 g/mol. The predicted octanol–water partition coefficient (Wildman–Crippen LogP) is 1.84. The first-order chi connectivity index (χ1) is 10.5. The molecule has 0 saturated carbocycles. The number of carbonyl (C=O) groups excluding carboxylic acids is 2. The van der Waals surface area contributed by atoms with Gasteiger partial charge in [-0.05, 0) is 24.1 Å².